The molecule has 3 N–H and O–H groups in total. The number of likely N-dealkylation sites (tertiary alicyclic amines) is 1. The molecule has 1 atom stereocenters. The maximum atomic E-state index is 13.8. The zero-order valence-corrected chi connectivity index (χ0v) is 22.9. The monoisotopic (exact) mass is 529 g/mol. The van der Waals surface area contributed by atoms with Crippen molar-refractivity contribution in [3.05, 3.63) is 29.1 Å². The minimum absolute atomic E-state index is 0.0301. The van der Waals surface area contributed by atoms with Gasteiger partial charge in [-0.3, -0.25) is 9.69 Å². The second-order valence-corrected chi connectivity index (χ2v) is 10.6. The van der Waals surface area contributed by atoms with Crippen molar-refractivity contribution in [1.29, 1.82) is 0 Å². The molecular weight excluding hydrogens is 490 g/mol. The number of anilines is 1. The highest BCUT2D eigenvalue weighted by molar-refractivity contribution is 7.14. The number of aryl methyl sites for hydroxylation is 1. The largest absolute Gasteiger partial charge is 0.496 e. The van der Waals surface area contributed by atoms with Gasteiger partial charge in [0.25, 0.3) is 0 Å². The van der Waals surface area contributed by atoms with Gasteiger partial charge in [-0.05, 0) is 69.8 Å². The van der Waals surface area contributed by atoms with E-state index >= 15 is 0 Å². The molecule has 1 aromatic carbocycles. The van der Waals surface area contributed by atoms with E-state index < -0.39 is 11.6 Å². The summed E-state index contributed by atoms with van der Waals surface area (Å²) in [6, 6.07) is 6.21. The minimum atomic E-state index is -0.639. The van der Waals surface area contributed by atoms with Crippen molar-refractivity contribution in [2.75, 3.05) is 45.2 Å². The Morgan fingerprint density at radius 1 is 1.27 bits per heavy atom. The van der Waals surface area contributed by atoms with E-state index in [1.165, 1.54) is 16.9 Å². The van der Waals surface area contributed by atoms with Gasteiger partial charge in [0.05, 0.1) is 19.4 Å². The summed E-state index contributed by atoms with van der Waals surface area (Å²) in [4.78, 5) is 32.7. The van der Waals surface area contributed by atoms with Gasteiger partial charge in [0.15, 0.2) is 5.13 Å². The molecule has 4 rings (SSSR count). The fourth-order valence-electron chi connectivity index (χ4n) is 5.29. The molecule has 2 amide bonds. The van der Waals surface area contributed by atoms with Crippen LogP contribution in [0.15, 0.2) is 23.6 Å². The van der Waals surface area contributed by atoms with Crippen LogP contribution in [0.1, 0.15) is 51.5 Å². The van der Waals surface area contributed by atoms with Crippen molar-refractivity contribution < 1.29 is 19.1 Å². The molecule has 37 heavy (non-hydrogen) atoms. The maximum absolute atomic E-state index is 13.8. The van der Waals surface area contributed by atoms with Crippen LogP contribution in [0.25, 0.3) is 11.3 Å². The summed E-state index contributed by atoms with van der Waals surface area (Å²) < 4.78 is 10.7. The van der Waals surface area contributed by atoms with Crippen molar-refractivity contribution in [3.63, 3.8) is 0 Å². The molecule has 2 fully saturated rings. The van der Waals surface area contributed by atoms with Crippen molar-refractivity contribution in [2.45, 2.75) is 64.0 Å². The lowest BCUT2D eigenvalue weighted by Gasteiger charge is -2.43. The summed E-state index contributed by atoms with van der Waals surface area (Å²) in [5, 5.41) is 12.0. The normalized spacial score (nSPS) is 19.4. The summed E-state index contributed by atoms with van der Waals surface area (Å²) in [7, 11) is 1.67. The number of thiazole rings is 1. The molecule has 9 nitrogen and oxygen atoms in total. The van der Waals surface area contributed by atoms with E-state index in [2.05, 4.69) is 39.9 Å². The third kappa shape index (κ3) is 6.42. The van der Waals surface area contributed by atoms with Crippen molar-refractivity contribution >= 4 is 28.5 Å². The van der Waals surface area contributed by atoms with Gasteiger partial charge in [-0.1, -0.05) is 19.4 Å². The molecule has 1 unspecified atom stereocenters. The van der Waals surface area contributed by atoms with Gasteiger partial charge in [0, 0.05) is 30.1 Å². The lowest BCUT2D eigenvalue weighted by molar-refractivity contribution is -0.129. The zero-order chi connectivity index (χ0) is 26.3. The quantitative estimate of drug-likeness (QED) is 0.427. The molecule has 0 radical (unpaired) electrons. The Hall–Kier alpha value is -2.69. The molecule has 2 aromatic rings. The van der Waals surface area contributed by atoms with Crippen LogP contribution in [0.5, 0.6) is 5.75 Å². The molecule has 2 aliphatic rings. The highest BCUT2D eigenvalue weighted by Crippen LogP contribution is 2.35. The smallest absolute Gasteiger partial charge is 0.407 e. The Kier molecular flexibility index (Phi) is 9.39. The Bertz CT molecular complexity index is 1070. The predicted octanol–water partition coefficient (Wildman–Crippen LogP) is 4.04. The molecule has 0 aliphatic carbocycles. The standard InChI is InChI=1S/C27H39N5O4S/c1-4-6-7-19-8-9-23(35-3)21(16-19)22-18-37-25(30-22)31-24(33)27(11-13-28-14-12-27)32-15-10-20(17-32)29-26(34)36-5-2/h8-9,16,18,20,28H,4-7,10-15,17H2,1-3H3,(H,29,34)(H,30,31,33). The highest BCUT2D eigenvalue weighted by Gasteiger charge is 2.47. The third-order valence-corrected chi connectivity index (χ3v) is 8.09. The van der Waals surface area contributed by atoms with Crippen LogP contribution < -0.4 is 20.7 Å². The number of hydrogen-bond donors (Lipinski definition) is 3. The van der Waals surface area contributed by atoms with Gasteiger partial charge in [-0.15, -0.1) is 11.3 Å². The maximum Gasteiger partial charge on any atom is 0.407 e. The number of methoxy groups -OCH3 is 1. The Balaban J connectivity index is 1.49. The number of carbonyl (C=O) groups is 2. The lowest BCUT2D eigenvalue weighted by atomic mass is 9.85. The van der Waals surface area contributed by atoms with Gasteiger partial charge in [-0.2, -0.15) is 0 Å². The fourth-order valence-corrected chi connectivity index (χ4v) is 6.00. The van der Waals surface area contributed by atoms with Crippen LogP contribution >= 0.6 is 11.3 Å². The molecule has 3 heterocycles. The number of alkyl carbamates (subject to hydrolysis) is 1. The molecule has 0 saturated carbocycles. The number of rotatable bonds is 10. The second-order valence-electron chi connectivity index (χ2n) is 9.71. The Labute approximate surface area is 223 Å². The first-order valence-electron chi connectivity index (χ1n) is 13.3. The average molecular weight is 530 g/mol. The number of amides is 2. The zero-order valence-electron chi connectivity index (χ0n) is 22.1. The summed E-state index contributed by atoms with van der Waals surface area (Å²) in [5.74, 6) is 0.741. The molecule has 1 aromatic heterocycles. The summed E-state index contributed by atoms with van der Waals surface area (Å²) >= 11 is 1.43. The topological polar surface area (TPSA) is 105 Å². The SMILES string of the molecule is CCCCc1ccc(OC)c(-c2csc(NC(=O)C3(N4CCC(NC(=O)OCC)C4)CCNCC3)n2)c1. The van der Waals surface area contributed by atoms with E-state index in [1.54, 1.807) is 14.0 Å². The predicted molar refractivity (Wildman–Crippen MR) is 146 cm³/mol. The fraction of sp³-hybridized carbons (Fsp3) is 0.593. The van der Waals surface area contributed by atoms with Crippen molar-refractivity contribution in [1.82, 2.24) is 20.5 Å². The average Bonchev–Trinajstić information content (AvgIpc) is 3.58. The number of ether oxygens (including phenoxy) is 2. The number of carbonyl (C=O) groups excluding carboxylic acids is 2. The third-order valence-electron chi connectivity index (χ3n) is 7.33. The van der Waals surface area contributed by atoms with E-state index in [0.717, 1.165) is 62.3 Å². The summed E-state index contributed by atoms with van der Waals surface area (Å²) in [5.41, 5.74) is 2.36. The number of benzene rings is 1. The van der Waals surface area contributed by atoms with Gasteiger partial charge < -0.3 is 25.4 Å². The summed E-state index contributed by atoms with van der Waals surface area (Å²) in [6.07, 6.45) is 5.09. The summed E-state index contributed by atoms with van der Waals surface area (Å²) in [6.45, 7) is 7.22. The van der Waals surface area contributed by atoms with Crippen molar-refractivity contribution in [2.24, 2.45) is 0 Å². The first-order valence-corrected chi connectivity index (χ1v) is 14.2. The van der Waals surface area contributed by atoms with E-state index in [4.69, 9.17) is 14.5 Å². The van der Waals surface area contributed by atoms with E-state index in [1.807, 2.05) is 11.4 Å². The van der Waals surface area contributed by atoms with Crippen LogP contribution in [0.4, 0.5) is 9.93 Å². The van der Waals surface area contributed by atoms with Crippen LogP contribution in [-0.2, 0) is 16.0 Å². The molecule has 0 bridgehead atoms. The highest BCUT2D eigenvalue weighted by atomic mass is 32.1. The van der Waals surface area contributed by atoms with Crippen molar-refractivity contribution in [3.8, 4) is 17.0 Å². The molecule has 202 valence electrons. The molecule has 10 heteroatoms. The van der Waals surface area contributed by atoms with Gasteiger partial charge in [0.1, 0.15) is 11.3 Å². The lowest BCUT2D eigenvalue weighted by Crippen LogP contribution is -2.61. The Morgan fingerprint density at radius 2 is 2.08 bits per heavy atom. The van der Waals surface area contributed by atoms with Gasteiger partial charge in [-0.25, -0.2) is 9.78 Å². The number of aromatic nitrogens is 1. The molecular formula is C27H39N5O4S. The number of nitrogens with one attached hydrogen (secondary N) is 3. The van der Waals surface area contributed by atoms with Gasteiger partial charge in [0.2, 0.25) is 5.91 Å². The van der Waals surface area contributed by atoms with Crippen LogP contribution in [0.2, 0.25) is 0 Å². The Morgan fingerprint density at radius 3 is 2.81 bits per heavy atom. The number of hydrogen-bond acceptors (Lipinski definition) is 8. The number of nitrogens with zero attached hydrogens (tertiary/aromatic N) is 2. The number of piperidine rings is 1. The molecule has 2 saturated heterocycles. The van der Waals surface area contributed by atoms with E-state index in [0.29, 0.717) is 31.1 Å². The number of unbranched alkanes of at least 4 members (excludes halogenated alkanes) is 1. The molecule has 2 aliphatic heterocycles. The van der Waals surface area contributed by atoms with Crippen LogP contribution in [0.3, 0.4) is 0 Å². The first kappa shape index (κ1) is 27.3. The molecule has 0 spiro atoms. The first-order chi connectivity index (χ1) is 18.0. The minimum Gasteiger partial charge on any atom is -0.496 e. The second kappa shape index (κ2) is 12.7. The van der Waals surface area contributed by atoms with Crippen LogP contribution in [0, 0.1) is 0 Å². The van der Waals surface area contributed by atoms with E-state index in [-0.39, 0.29) is 11.9 Å². The van der Waals surface area contributed by atoms with Crippen LogP contribution in [-0.4, -0.2) is 73.4 Å². The van der Waals surface area contributed by atoms with Gasteiger partial charge >= 0.3 is 6.09 Å². The van der Waals surface area contributed by atoms with E-state index in [9.17, 15) is 9.59 Å².